The Labute approximate surface area is 157 Å². The zero-order valence-electron chi connectivity index (χ0n) is 13.9. The number of nitrogens with one attached hydrogen (secondary N) is 1. The second-order valence-corrected chi connectivity index (χ2v) is 6.55. The number of carbonyl (C=O) groups excluding carboxylic acids is 1. The summed E-state index contributed by atoms with van der Waals surface area (Å²) in [5.74, 6) is -2.62. The molecule has 2 N–H and O–H groups in total. The van der Waals surface area contributed by atoms with E-state index in [4.69, 9.17) is 5.11 Å². The first-order valence-electron chi connectivity index (χ1n) is 7.92. The Kier molecular flexibility index (Phi) is 5.56. The minimum absolute atomic E-state index is 0.0516. The van der Waals surface area contributed by atoms with Crippen LogP contribution >= 0.6 is 11.3 Å². The highest BCUT2D eigenvalue weighted by Crippen LogP contribution is 2.26. The van der Waals surface area contributed by atoms with Crippen LogP contribution in [0.1, 0.15) is 28.5 Å². The van der Waals surface area contributed by atoms with E-state index in [0.717, 1.165) is 11.3 Å². The predicted molar refractivity (Wildman–Crippen MR) is 96.4 cm³/mol. The van der Waals surface area contributed by atoms with Crippen LogP contribution in [0.5, 0.6) is 0 Å². The third-order valence-electron chi connectivity index (χ3n) is 3.80. The van der Waals surface area contributed by atoms with Crippen molar-refractivity contribution in [1.82, 2.24) is 10.3 Å². The maximum atomic E-state index is 13.9. The molecule has 1 amide bonds. The summed E-state index contributed by atoms with van der Waals surface area (Å²) < 4.78 is 27.0. The van der Waals surface area contributed by atoms with Gasteiger partial charge in [-0.15, -0.1) is 11.3 Å². The van der Waals surface area contributed by atoms with Crippen LogP contribution < -0.4 is 5.32 Å². The van der Waals surface area contributed by atoms with Gasteiger partial charge in [0.05, 0.1) is 12.5 Å². The molecule has 0 bridgehead atoms. The van der Waals surface area contributed by atoms with E-state index in [1.54, 1.807) is 18.2 Å². The van der Waals surface area contributed by atoms with Crippen molar-refractivity contribution < 1.29 is 23.5 Å². The number of carboxylic acid groups (broad SMARTS) is 1. The molecule has 0 radical (unpaired) electrons. The first-order valence-corrected chi connectivity index (χ1v) is 8.80. The summed E-state index contributed by atoms with van der Waals surface area (Å²) in [5, 5.41) is 13.5. The van der Waals surface area contributed by atoms with E-state index in [2.05, 4.69) is 10.3 Å². The van der Waals surface area contributed by atoms with Gasteiger partial charge in [-0.1, -0.05) is 24.3 Å². The number of hydrogen-bond donors (Lipinski definition) is 2. The number of aliphatic carboxylic acids is 1. The van der Waals surface area contributed by atoms with Crippen molar-refractivity contribution in [3.8, 4) is 10.6 Å². The number of rotatable bonds is 6. The lowest BCUT2D eigenvalue weighted by Gasteiger charge is -2.16. The van der Waals surface area contributed by atoms with E-state index in [1.165, 1.54) is 35.7 Å². The fraction of sp³-hybridized carbons (Fsp3) is 0.105. The fourth-order valence-electron chi connectivity index (χ4n) is 2.49. The molecule has 0 saturated heterocycles. The van der Waals surface area contributed by atoms with Gasteiger partial charge in [0.15, 0.2) is 0 Å². The highest BCUT2D eigenvalue weighted by Gasteiger charge is 2.21. The van der Waals surface area contributed by atoms with Crippen molar-refractivity contribution >= 4 is 23.2 Å². The molecule has 3 aromatic rings. The number of nitrogens with zero attached hydrogens (tertiary/aromatic N) is 1. The van der Waals surface area contributed by atoms with Gasteiger partial charge in [-0.05, 0) is 29.8 Å². The molecule has 27 heavy (non-hydrogen) atoms. The molecule has 0 aliphatic carbocycles. The molecule has 0 aliphatic rings. The zero-order chi connectivity index (χ0) is 19.4. The number of amides is 1. The van der Waals surface area contributed by atoms with E-state index < -0.39 is 29.6 Å². The van der Waals surface area contributed by atoms with Crippen molar-refractivity contribution in [2.45, 2.75) is 12.5 Å². The molecule has 1 atom stereocenters. The molecule has 0 spiro atoms. The van der Waals surface area contributed by atoms with Crippen LogP contribution in [-0.2, 0) is 4.79 Å². The molecule has 3 rings (SSSR count). The van der Waals surface area contributed by atoms with Gasteiger partial charge in [0, 0.05) is 10.9 Å². The average molecular weight is 388 g/mol. The summed E-state index contributed by atoms with van der Waals surface area (Å²) in [7, 11) is 0. The molecule has 1 aromatic heterocycles. The van der Waals surface area contributed by atoms with Crippen LogP contribution in [0.4, 0.5) is 8.78 Å². The lowest BCUT2D eigenvalue weighted by Crippen LogP contribution is -2.30. The third kappa shape index (κ3) is 4.53. The lowest BCUT2D eigenvalue weighted by atomic mass is 10.0. The van der Waals surface area contributed by atoms with Gasteiger partial charge in [-0.2, -0.15) is 0 Å². The smallest absolute Gasteiger partial charge is 0.305 e. The number of thiazole rings is 1. The number of benzene rings is 2. The molecular formula is C19H14F2N2O3S. The molecule has 138 valence electrons. The Balaban J connectivity index is 1.81. The number of halogens is 2. The van der Waals surface area contributed by atoms with E-state index >= 15 is 0 Å². The van der Waals surface area contributed by atoms with Crippen molar-refractivity contribution in [3.63, 3.8) is 0 Å². The van der Waals surface area contributed by atoms with Crippen LogP contribution in [0.15, 0.2) is 53.9 Å². The van der Waals surface area contributed by atoms with Crippen LogP contribution in [0, 0.1) is 11.6 Å². The largest absolute Gasteiger partial charge is 0.481 e. The first-order chi connectivity index (χ1) is 12.9. The first kappa shape index (κ1) is 18.7. The molecular weight excluding hydrogens is 374 g/mol. The maximum absolute atomic E-state index is 13.9. The fourth-order valence-corrected chi connectivity index (χ4v) is 3.32. The van der Waals surface area contributed by atoms with Gasteiger partial charge in [0.1, 0.15) is 22.3 Å². The quantitative estimate of drug-likeness (QED) is 0.668. The number of hydrogen-bond acceptors (Lipinski definition) is 4. The number of aromatic nitrogens is 1. The zero-order valence-corrected chi connectivity index (χ0v) is 14.7. The molecule has 0 fully saturated rings. The SMILES string of the molecule is O=C(O)C[C@H](NC(=O)c1csc(-c2ccccc2F)n1)c1ccc(F)cc1. The highest BCUT2D eigenvalue weighted by molar-refractivity contribution is 7.13. The lowest BCUT2D eigenvalue weighted by molar-refractivity contribution is -0.137. The van der Waals surface area contributed by atoms with Crippen LogP contribution in [0.2, 0.25) is 0 Å². The van der Waals surface area contributed by atoms with E-state index in [1.807, 2.05) is 0 Å². The summed E-state index contributed by atoms with van der Waals surface area (Å²) >= 11 is 1.11. The Morgan fingerprint density at radius 3 is 2.48 bits per heavy atom. The van der Waals surface area contributed by atoms with E-state index in [0.29, 0.717) is 10.6 Å². The standard InChI is InChI=1S/C19H14F2N2O3S/c20-12-7-5-11(6-8-12)15(9-17(24)25)22-18(26)16-10-27-19(23-16)13-3-1-2-4-14(13)21/h1-8,10,15H,9H2,(H,22,26)(H,24,25)/t15-/m0/s1. The van der Waals surface area contributed by atoms with E-state index in [-0.39, 0.29) is 17.7 Å². The summed E-state index contributed by atoms with van der Waals surface area (Å²) in [6.45, 7) is 0. The molecule has 0 aliphatic heterocycles. The Hall–Kier alpha value is -3.13. The molecule has 0 unspecified atom stereocenters. The van der Waals surface area contributed by atoms with Crippen molar-refractivity contribution in [2.75, 3.05) is 0 Å². The molecule has 5 nitrogen and oxygen atoms in total. The Morgan fingerprint density at radius 1 is 1.11 bits per heavy atom. The van der Waals surface area contributed by atoms with Crippen molar-refractivity contribution in [3.05, 3.63) is 76.8 Å². The maximum Gasteiger partial charge on any atom is 0.305 e. The van der Waals surface area contributed by atoms with Gasteiger partial charge in [0.25, 0.3) is 5.91 Å². The number of carbonyl (C=O) groups is 2. The summed E-state index contributed by atoms with van der Waals surface area (Å²) in [6.07, 6.45) is -0.373. The summed E-state index contributed by atoms with van der Waals surface area (Å²) in [5.41, 5.74) is 0.787. The molecule has 1 heterocycles. The van der Waals surface area contributed by atoms with Crippen LogP contribution in [-0.4, -0.2) is 22.0 Å². The second-order valence-electron chi connectivity index (χ2n) is 5.69. The minimum Gasteiger partial charge on any atom is -0.481 e. The minimum atomic E-state index is -1.12. The highest BCUT2D eigenvalue weighted by atomic mass is 32.1. The van der Waals surface area contributed by atoms with Gasteiger partial charge in [0.2, 0.25) is 0 Å². The Morgan fingerprint density at radius 2 is 1.81 bits per heavy atom. The van der Waals surface area contributed by atoms with Gasteiger partial charge >= 0.3 is 5.97 Å². The predicted octanol–water partition coefficient (Wildman–Crippen LogP) is 4.03. The molecule has 0 saturated carbocycles. The Bertz CT molecular complexity index is 973. The van der Waals surface area contributed by atoms with Gasteiger partial charge < -0.3 is 10.4 Å². The summed E-state index contributed by atoms with van der Waals surface area (Å²) in [6, 6.07) is 10.4. The van der Waals surface area contributed by atoms with Gasteiger partial charge in [-0.25, -0.2) is 13.8 Å². The normalized spacial score (nSPS) is 11.8. The average Bonchev–Trinajstić information content (AvgIpc) is 3.12. The van der Waals surface area contributed by atoms with E-state index in [9.17, 15) is 18.4 Å². The summed E-state index contributed by atoms with van der Waals surface area (Å²) in [4.78, 5) is 27.7. The van der Waals surface area contributed by atoms with Gasteiger partial charge in [-0.3, -0.25) is 9.59 Å². The molecule has 8 heteroatoms. The monoisotopic (exact) mass is 388 g/mol. The number of carboxylic acids is 1. The van der Waals surface area contributed by atoms with Crippen molar-refractivity contribution in [2.24, 2.45) is 0 Å². The molecule has 2 aromatic carbocycles. The van der Waals surface area contributed by atoms with Crippen molar-refractivity contribution in [1.29, 1.82) is 0 Å². The van der Waals surface area contributed by atoms with Crippen LogP contribution in [0.3, 0.4) is 0 Å². The second kappa shape index (κ2) is 8.05. The van der Waals surface area contributed by atoms with Crippen LogP contribution in [0.25, 0.3) is 10.6 Å². The third-order valence-corrected chi connectivity index (χ3v) is 4.67. The topological polar surface area (TPSA) is 79.3 Å².